The Labute approximate surface area is 168 Å². The van der Waals surface area contributed by atoms with Gasteiger partial charge in [0.15, 0.2) is 5.96 Å². The van der Waals surface area contributed by atoms with Gasteiger partial charge in [0.05, 0.1) is 5.69 Å². The van der Waals surface area contributed by atoms with Gasteiger partial charge in [-0.1, -0.05) is 18.9 Å². The molecule has 2 heterocycles. The lowest BCUT2D eigenvalue weighted by atomic mass is 9.83. The van der Waals surface area contributed by atoms with Gasteiger partial charge in [-0.15, -0.1) is 0 Å². The molecule has 6 heteroatoms. The van der Waals surface area contributed by atoms with Gasteiger partial charge < -0.3 is 19.8 Å². The van der Waals surface area contributed by atoms with Gasteiger partial charge in [-0.3, -0.25) is 4.99 Å². The topological polar surface area (TPSA) is 63.0 Å². The Bertz CT molecular complexity index is 776. The number of aliphatic imine (C=N–C) groups is 1. The maximum absolute atomic E-state index is 5.62. The van der Waals surface area contributed by atoms with Crippen molar-refractivity contribution in [2.75, 3.05) is 33.4 Å². The fraction of sp³-hybridized carbons (Fsp3) is 0.636. The van der Waals surface area contributed by atoms with Crippen molar-refractivity contribution in [3.8, 4) is 0 Å². The first kappa shape index (κ1) is 20.6. The van der Waals surface area contributed by atoms with Crippen LogP contribution >= 0.6 is 0 Å². The number of imidazole rings is 1. The summed E-state index contributed by atoms with van der Waals surface area (Å²) in [6.45, 7) is 7.60. The highest BCUT2D eigenvalue weighted by Gasteiger charge is 2.33. The van der Waals surface area contributed by atoms with E-state index in [-0.39, 0.29) is 0 Å². The predicted molar refractivity (Wildman–Crippen MR) is 115 cm³/mol. The van der Waals surface area contributed by atoms with Crippen molar-refractivity contribution in [2.24, 2.45) is 10.4 Å². The summed E-state index contributed by atoms with van der Waals surface area (Å²) < 4.78 is 7.72. The number of aromatic nitrogens is 2. The SMILES string of the molecule is CCOCCC1(CNC(=NC)NCCc2cn3cccc(C)c3n2)CCCC1. The molecule has 1 saturated carbocycles. The van der Waals surface area contributed by atoms with Crippen molar-refractivity contribution in [2.45, 2.75) is 52.4 Å². The van der Waals surface area contributed by atoms with Gasteiger partial charge in [0.25, 0.3) is 0 Å². The summed E-state index contributed by atoms with van der Waals surface area (Å²) in [6, 6.07) is 4.16. The molecule has 0 aliphatic heterocycles. The fourth-order valence-electron chi connectivity index (χ4n) is 4.20. The van der Waals surface area contributed by atoms with Crippen molar-refractivity contribution >= 4 is 11.6 Å². The summed E-state index contributed by atoms with van der Waals surface area (Å²) in [6.07, 6.45) is 11.4. The lowest BCUT2D eigenvalue weighted by molar-refractivity contribution is 0.105. The van der Waals surface area contributed by atoms with Crippen molar-refractivity contribution in [3.63, 3.8) is 0 Å². The molecule has 0 spiro atoms. The van der Waals surface area contributed by atoms with E-state index in [2.05, 4.69) is 58.4 Å². The number of pyridine rings is 1. The number of nitrogens with one attached hydrogen (secondary N) is 2. The van der Waals surface area contributed by atoms with Crippen LogP contribution in [0.5, 0.6) is 0 Å². The number of guanidine groups is 1. The molecule has 3 rings (SSSR count). The van der Waals surface area contributed by atoms with Gasteiger partial charge in [0, 0.05) is 52.2 Å². The number of rotatable bonds is 9. The molecule has 154 valence electrons. The monoisotopic (exact) mass is 385 g/mol. The van der Waals surface area contributed by atoms with Gasteiger partial charge in [0.2, 0.25) is 0 Å². The number of aryl methyl sites for hydroxylation is 1. The molecule has 0 amide bonds. The van der Waals surface area contributed by atoms with Gasteiger partial charge >= 0.3 is 0 Å². The smallest absolute Gasteiger partial charge is 0.191 e. The molecule has 0 bridgehead atoms. The van der Waals surface area contributed by atoms with Crippen molar-refractivity contribution < 1.29 is 4.74 Å². The van der Waals surface area contributed by atoms with Crippen LogP contribution in [0.4, 0.5) is 0 Å². The third-order valence-electron chi connectivity index (χ3n) is 5.90. The molecule has 0 aromatic carbocycles. The second-order valence-electron chi connectivity index (χ2n) is 7.91. The highest BCUT2D eigenvalue weighted by atomic mass is 16.5. The van der Waals surface area contributed by atoms with Crippen LogP contribution in [0.15, 0.2) is 29.5 Å². The van der Waals surface area contributed by atoms with Crippen molar-refractivity contribution in [3.05, 3.63) is 35.8 Å². The van der Waals surface area contributed by atoms with Crippen LogP contribution in [0.3, 0.4) is 0 Å². The van der Waals surface area contributed by atoms with E-state index < -0.39 is 0 Å². The molecule has 1 aliphatic carbocycles. The van der Waals surface area contributed by atoms with Gasteiger partial charge in [0.1, 0.15) is 5.65 Å². The number of hydrogen-bond acceptors (Lipinski definition) is 3. The van der Waals surface area contributed by atoms with Crippen LogP contribution in [0, 0.1) is 12.3 Å². The molecule has 1 aliphatic rings. The fourth-order valence-corrected chi connectivity index (χ4v) is 4.20. The first-order valence-corrected chi connectivity index (χ1v) is 10.6. The Morgan fingerprint density at radius 3 is 2.86 bits per heavy atom. The third-order valence-corrected chi connectivity index (χ3v) is 5.90. The minimum atomic E-state index is 0.353. The Hall–Kier alpha value is -2.08. The summed E-state index contributed by atoms with van der Waals surface area (Å²) in [5.41, 5.74) is 3.69. The summed E-state index contributed by atoms with van der Waals surface area (Å²) >= 11 is 0. The van der Waals surface area contributed by atoms with Crippen molar-refractivity contribution in [1.82, 2.24) is 20.0 Å². The van der Waals surface area contributed by atoms with Crippen LogP contribution in [-0.4, -0.2) is 48.7 Å². The van der Waals surface area contributed by atoms with E-state index in [1.165, 1.54) is 31.2 Å². The Balaban J connectivity index is 1.48. The molecule has 0 radical (unpaired) electrons. The Kier molecular flexibility index (Phi) is 7.31. The second-order valence-corrected chi connectivity index (χ2v) is 7.91. The van der Waals surface area contributed by atoms with Crippen LogP contribution < -0.4 is 10.6 Å². The molecular formula is C22H35N5O. The van der Waals surface area contributed by atoms with E-state index in [0.29, 0.717) is 5.41 Å². The van der Waals surface area contributed by atoms with Crippen LogP contribution in [0.2, 0.25) is 0 Å². The van der Waals surface area contributed by atoms with E-state index >= 15 is 0 Å². The Morgan fingerprint density at radius 1 is 1.32 bits per heavy atom. The molecule has 6 nitrogen and oxygen atoms in total. The van der Waals surface area contributed by atoms with Crippen molar-refractivity contribution in [1.29, 1.82) is 0 Å². The van der Waals surface area contributed by atoms with Crippen LogP contribution in [0.25, 0.3) is 5.65 Å². The first-order chi connectivity index (χ1) is 13.7. The second kappa shape index (κ2) is 9.92. The minimum absolute atomic E-state index is 0.353. The normalized spacial score (nSPS) is 16.6. The highest BCUT2D eigenvalue weighted by molar-refractivity contribution is 5.79. The zero-order valence-electron chi connectivity index (χ0n) is 17.6. The van der Waals surface area contributed by atoms with Gasteiger partial charge in [-0.25, -0.2) is 4.98 Å². The molecule has 0 atom stereocenters. The van der Waals surface area contributed by atoms with E-state index in [1.54, 1.807) is 0 Å². The zero-order valence-corrected chi connectivity index (χ0v) is 17.6. The molecule has 0 unspecified atom stereocenters. The van der Waals surface area contributed by atoms with E-state index in [4.69, 9.17) is 9.72 Å². The molecule has 28 heavy (non-hydrogen) atoms. The maximum atomic E-state index is 5.62. The number of hydrogen-bond donors (Lipinski definition) is 2. The molecular weight excluding hydrogens is 350 g/mol. The molecule has 0 saturated heterocycles. The maximum Gasteiger partial charge on any atom is 0.191 e. The summed E-state index contributed by atoms with van der Waals surface area (Å²) in [7, 11) is 1.84. The van der Waals surface area contributed by atoms with Crippen LogP contribution in [-0.2, 0) is 11.2 Å². The quantitative estimate of drug-likeness (QED) is 0.395. The average molecular weight is 386 g/mol. The molecule has 1 fully saturated rings. The largest absolute Gasteiger partial charge is 0.382 e. The van der Waals surface area contributed by atoms with E-state index in [1.807, 2.05) is 7.05 Å². The molecule has 2 aromatic heterocycles. The molecule has 2 aromatic rings. The number of fused-ring (bicyclic) bond motifs is 1. The standard InChI is InChI=1S/C22H35N5O/c1-4-28-15-12-22(10-5-6-11-22)17-25-21(23-3)24-13-9-19-16-27-14-7-8-18(2)20(27)26-19/h7-8,14,16H,4-6,9-13,15,17H2,1-3H3,(H2,23,24,25). The number of nitrogens with zero attached hydrogens (tertiary/aromatic N) is 3. The Morgan fingerprint density at radius 2 is 2.14 bits per heavy atom. The lowest BCUT2D eigenvalue weighted by Crippen LogP contribution is -2.44. The minimum Gasteiger partial charge on any atom is -0.382 e. The number of ether oxygens (including phenoxy) is 1. The summed E-state index contributed by atoms with van der Waals surface area (Å²) in [4.78, 5) is 9.15. The summed E-state index contributed by atoms with van der Waals surface area (Å²) in [5, 5.41) is 7.00. The lowest BCUT2D eigenvalue weighted by Gasteiger charge is -2.30. The highest BCUT2D eigenvalue weighted by Crippen LogP contribution is 2.40. The van der Waals surface area contributed by atoms with Crippen LogP contribution in [0.1, 0.15) is 50.3 Å². The summed E-state index contributed by atoms with van der Waals surface area (Å²) in [5.74, 6) is 0.877. The molecule has 2 N–H and O–H groups in total. The zero-order chi connectivity index (χ0) is 19.8. The average Bonchev–Trinajstić information content (AvgIpc) is 3.33. The third kappa shape index (κ3) is 5.25. The van der Waals surface area contributed by atoms with Gasteiger partial charge in [-0.2, -0.15) is 0 Å². The first-order valence-electron chi connectivity index (χ1n) is 10.6. The van der Waals surface area contributed by atoms with E-state index in [9.17, 15) is 0 Å². The van der Waals surface area contributed by atoms with E-state index in [0.717, 1.165) is 56.4 Å². The predicted octanol–water partition coefficient (Wildman–Crippen LogP) is 3.34. The van der Waals surface area contributed by atoms with Gasteiger partial charge in [-0.05, 0) is 50.2 Å².